The molecule has 0 aliphatic carbocycles. The Bertz CT molecular complexity index is 908. The van der Waals surface area contributed by atoms with Gasteiger partial charge in [-0.25, -0.2) is 0 Å². The van der Waals surface area contributed by atoms with Crippen LogP contribution in [0.15, 0.2) is 46.9 Å². The van der Waals surface area contributed by atoms with Crippen molar-refractivity contribution in [3.63, 3.8) is 0 Å². The van der Waals surface area contributed by atoms with E-state index in [1.165, 1.54) is 5.56 Å². The molecule has 0 spiro atoms. The minimum Gasteiger partial charge on any atom is -0.465 e. The number of fused-ring (bicyclic) bond motifs is 1. The number of hydrogen-bond donors (Lipinski definition) is 1. The number of rotatable bonds is 4. The van der Waals surface area contributed by atoms with Gasteiger partial charge in [0.25, 0.3) is 0 Å². The second-order valence-electron chi connectivity index (χ2n) is 6.45. The maximum absolute atomic E-state index is 12.2. The van der Waals surface area contributed by atoms with Crippen molar-refractivity contribution in [3.05, 3.63) is 70.8 Å². The first-order valence-corrected chi connectivity index (χ1v) is 8.65. The average Bonchev–Trinajstić information content (AvgIpc) is 3.21. The number of aryl methyl sites for hydroxylation is 1. The predicted octanol–water partition coefficient (Wildman–Crippen LogP) is 3.87. The molecule has 1 N–H and O–H groups in total. The van der Waals surface area contributed by atoms with Crippen molar-refractivity contribution in [2.75, 3.05) is 5.32 Å². The number of hydrogen-bond acceptors (Lipinski definition) is 3. The van der Waals surface area contributed by atoms with Crippen molar-refractivity contribution in [3.8, 4) is 0 Å². The number of anilines is 1. The Kier molecular flexibility index (Phi) is 3.92. The third-order valence-corrected chi connectivity index (χ3v) is 4.80. The topological polar surface area (TPSA) is 60.1 Å². The molecule has 1 aliphatic heterocycles. The number of carbonyl (C=O) groups excluding carboxylic acids is 1. The fraction of sp³-hybridized carbons (Fsp3) is 0.300. The van der Waals surface area contributed by atoms with Crippen LogP contribution in [0, 0.1) is 6.92 Å². The van der Waals surface area contributed by atoms with Crippen molar-refractivity contribution >= 4 is 11.7 Å². The summed E-state index contributed by atoms with van der Waals surface area (Å²) in [7, 11) is 0. The maximum Gasteiger partial charge on any atom is 0.226 e. The van der Waals surface area contributed by atoms with Crippen molar-refractivity contribution in [2.45, 2.75) is 39.2 Å². The molecule has 2 aromatic heterocycles. The highest BCUT2D eigenvalue weighted by molar-refractivity contribution is 5.94. The lowest BCUT2D eigenvalue weighted by Gasteiger charge is -2.20. The molecule has 25 heavy (non-hydrogen) atoms. The van der Waals surface area contributed by atoms with Crippen LogP contribution in [0.5, 0.6) is 0 Å². The molecule has 1 aromatic carbocycles. The average molecular weight is 335 g/mol. The normalized spacial score (nSPS) is 16.6. The van der Waals surface area contributed by atoms with E-state index in [1.807, 2.05) is 35.0 Å². The quantitative estimate of drug-likeness (QED) is 0.787. The lowest BCUT2D eigenvalue weighted by atomic mass is 9.90. The summed E-state index contributed by atoms with van der Waals surface area (Å²) in [5, 5.41) is 7.56. The van der Waals surface area contributed by atoms with E-state index in [-0.39, 0.29) is 11.8 Å². The van der Waals surface area contributed by atoms with Crippen molar-refractivity contribution < 1.29 is 9.21 Å². The summed E-state index contributed by atoms with van der Waals surface area (Å²) in [4.78, 5) is 12.2. The number of benzene rings is 1. The molecule has 5 nitrogen and oxygen atoms in total. The highest BCUT2D eigenvalue weighted by Gasteiger charge is 2.33. The zero-order valence-corrected chi connectivity index (χ0v) is 14.5. The van der Waals surface area contributed by atoms with Crippen molar-refractivity contribution in [2.24, 2.45) is 0 Å². The van der Waals surface area contributed by atoms with Crippen LogP contribution in [0.3, 0.4) is 0 Å². The summed E-state index contributed by atoms with van der Waals surface area (Å²) < 4.78 is 7.90. The molecule has 0 fully saturated rings. The van der Waals surface area contributed by atoms with E-state index in [2.05, 4.69) is 36.4 Å². The van der Waals surface area contributed by atoms with Crippen LogP contribution in [-0.2, 0) is 17.8 Å². The Hall–Kier alpha value is -2.82. The van der Waals surface area contributed by atoms with E-state index >= 15 is 0 Å². The van der Waals surface area contributed by atoms with Gasteiger partial charge in [-0.05, 0) is 24.6 Å². The molecule has 5 heteroatoms. The molecule has 128 valence electrons. The Morgan fingerprint density at radius 1 is 1.24 bits per heavy atom. The van der Waals surface area contributed by atoms with Crippen LogP contribution in [0.1, 0.15) is 47.6 Å². The fourth-order valence-electron chi connectivity index (χ4n) is 3.46. The predicted molar refractivity (Wildman–Crippen MR) is 95.7 cm³/mol. The molecule has 1 atom stereocenters. The molecule has 1 amide bonds. The van der Waals surface area contributed by atoms with E-state index in [0.29, 0.717) is 18.8 Å². The van der Waals surface area contributed by atoms with Crippen LogP contribution in [-0.4, -0.2) is 15.7 Å². The highest BCUT2D eigenvalue weighted by atomic mass is 16.3. The molecule has 1 aliphatic rings. The largest absolute Gasteiger partial charge is 0.465 e. The molecular formula is C20H21N3O2. The van der Waals surface area contributed by atoms with Gasteiger partial charge >= 0.3 is 0 Å². The van der Waals surface area contributed by atoms with Crippen LogP contribution in [0.4, 0.5) is 5.82 Å². The van der Waals surface area contributed by atoms with E-state index in [0.717, 1.165) is 29.2 Å². The van der Waals surface area contributed by atoms with Gasteiger partial charge in [0.1, 0.15) is 11.5 Å². The first-order valence-electron chi connectivity index (χ1n) is 8.65. The van der Waals surface area contributed by atoms with Gasteiger partial charge in [-0.15, -0.1) is 0 Å². The smallest absolute Gasteiger partial charge is 0.226 e. The van der Waals surface area contributed by atoms with Crippen LogP contribution < -0.4 is 5.32 Å². The molecule has 4 rings (SSSR count). The molecule has 0 saturated heterocycles. The zero-order valence-electron chi connectivity index (χ0n) is 14.5. The second-order valence-corrected chi connectivity index (χ2v) is 6.45. The third kappa shape index (κ3) is 2.86. The molecular weight excluding hydrogens is 314 g/mol. The highest BCUT2D eigenvalue weighted by Crippen LogP contribution is 2.39. The molecule has 0 bridgehead atoms. The minimum absolute atomic E-state index is 0.0173. The molecule has 1 unspecified atom stereocenters. The van der Waals surface area contributed by atoms with Gasteiger partial charge in [-0.2, -0.15) is 5.10 Å². The lowest BCUT2D eigenvalue weighted by Crippen LogP contribution is -2.23. The number of nitrogens with zero attached hydrogens (tertiary/aromatic N) is 2. The van der Waals surface area contributed by atoms with Crippen LogP contribution in [0.25, 0.3) is 0 Å². The zero-order chi connectivity index (χ0) is 17.4. The second kappa shape index (κ2) is 6.24. The summed E-state index contributed by atoms with van der Waals surface area (Å²) in [6.45, 7) is 4.80. The monoisotopic (exact) mass is 335 g/mol. The Balaban J connectivity index is 1.73. The lowest BCUT2D eigenvalue weighted by molar-refractivity contribution is -0.116. The molecule has 3 aromatic rings. The summed E-state index contributed by atoms with van der Waals surface area (Å²) in [5.74, 6) is 2.35. The van der Waals surface area contributed by atoms with Gasteiger partial charge in [0, 0.05) is 24.1 Å². The Labute approximate surface area is 146 Å². The number of nitrogens with one attached hydrogen (secondary N) is 1. The number of aromatic nitrogens is 2. The number of furan rings is 1. The van der Waals surface area contributed by atoms with Crippen LogP contribution in [0.2, 0.25) is 0 Å². The fourth-order valence-corrected chi connectivity index (χ4v) is 3.46. The first-order chi connectivity index (χ1) is 12.2. The van der Waals surface area contributed by atoms with E-state index in [1.54, 1.807) is 0 Å². The van der Waals surface area contributed by atoms with Crippen LogP contribution >= 0.6 is 0 Å². The van der Waals surface area contributed by atoms with Gasteiger partial charge in [-0.3, -0.25) is 9.48 Å². The van der Waals surface area contributed by atoms with Gasteiger partial charge in [0.15, 0.2) is 5.82 Å². The summed E-state index contributed by atoms with van der Waals surface area (Å²) in [6, 6.07) is 14.2. The van der Waals surface area contributed by atoms with Crippen molar-refractivity contribution in [1.82, 2.24) is 9.78 Å². The first kappa shape index (κ1) is 15.7. The Morgan fingerprint density at radius 3 is 2.76 bits per heavy atom. The third-order valence-electron chi connectivity index (χ3n) is 4.80. The summed E-state index contributed by atoms with van der Waals surface area (Å²) in [6.07, 6.45) is 1.24. The summed E-state index contributed by atoms with van der Waals surface area (Å²) >= 11 is 0. The standard InChI is InChI=1S/C20H21N3O2/c1-3-15-9-10-17(25-15)16-11-18(24)21-20-19(16)13(2)23(22-20)12-14-7-5-4-6-8-14/h4-10,16H,3,11-12H2,1-2H3,(H,21,22,24). The van der Waals surface area contributed by atoms with Gasteiger partial charge in [-0.1, -0.05) is 37.3 Å². The van der Waals surface area contributed by atoms with Crippen molar-refractivity contribution in [1.29, 1.82) is 0 Å². The molecule has 3 heterocycles. The maximum atomic E-state index is 12.2. The Morgan fingerprint density at radius 2 is 2.04 bits per heavy atom. The van der Waals surface area contributed by atoms with E-state index in [4.69, 9.17) is 4.42 Å². The van der Waals surface area contributed by atoms with E-state index in [9.17, 15) is 4.79 Å². The van der Waals surface area contributed by atoms with Gasteiger partial charge < -0.3 is 9.73 Å². The van der Waals surface area contributed by atoms with Gasteiger partial charge in [0.2, 0.25) is 5.91 Å². The van der Waals surface area contributed by atoms with Gasteiger partial charge in [0.05, 0.1) is 12.5 Å². The van der Waals surface area contributed by atoms with E-state index < -0.39 is 0 Å². The SMILES string of the molecule is CCc1ccc(C2CC(=O)Nc3nn(Cc4ccccc4)c(C)c32)o1. The summed E-state index contributed by atoms with van der Waals surface area (Å²) in [5.41, 5.74) is 3.31. The minimum atomic E-state index is -0.0754. The number of carbonyl (C=O) groups is 1. The molecule has 0 radical (unpaired) electrons. The molecule has 0 saturated carbocycles. The number of amides is 1.